The number of amides is 2. The smallest absolute Gasteiger partial charge is 0 e. The fourth-order valence-corrected chi connectivity index (χ4v) is 1.58. The first-order chi connectivity index (χ1) is 6.45. The van der Waals surface area contributed by atoms with Crippen molar-refractivity contribution in [3.05, 3.63) is 17.1 Å². The van der Waals surface area contributed by atoms with Gasteiger partial charge in [0.1, 0.15) is 0 Å². The second kappa shape index (κ2) is 38.7. The van der Waals surface area contributed by atoms with E-state index in [2.05, 4.69) is 9.57 Å². The van der Waals surface area contributed by atoms with Gasteiger partial charge in [-0.15, -0.1) is 0 Å². The molecule has 0 unspecified atom stereocenters. The van der Waals surface area contributed by atoms with E-state index in [1.165, 1.54) is 4.90 Å². The van der Waals surface area contributed by atoms with Crippen LogP contribution in [0.1, 0.15) is 20.8 Å². The molecule has 0 aliphatic carbocycles. The summed E-state index contributed by atoms with van der Waals surface area (Å²) in [5.74, 6) is -0.0880. The third-order valence-electron chi connectivity index (χ3n) is 1.51. The van der Waals surface area contributed by atoms with Gasteiger partial charge in [0.05, 0.1) is 0 Å². The van der Waals surface area contributed by atoms with Crippen LogP contribution in [0.15, 0.2) is 9.07 Å². The Morgan fingerprint density at radius 3 is 1.43 bits per heavy atom. The molecular weight excluding hydrogens is 2180 g/mol. The van der Waals surface area contributed by atoms with E-state index in [1.807, 2.05) is 0 Å². The topological polar surface area (TPSA) is 55.0 Å². The molecule has 2 amide bonds. The molecular formula is C8H9N3OW11-2. The summed E-state index contributed by atoms with van der Waals surface area (Å²) in [6.07, 6.45) is 2.78. The van der Waals surface area contributed by atoms with Crippen molar-refractivity contribution < 1.29 is 233 Å². The predicted octanol–water partition coefficient (Wildman–Crippen LogP) is 1.55. The first-order valence-corrected chi connectivity index (χ1v) is 6.49. The van der Waals surface area contributed by atoms with Crippen molar-refractivity contribution in [3.8, 4) is 0 Å². The molecule has 0 rings (SSSR count). The number of rotatable bonds is 2. The van der Waals surface area contributed by atoms with Gasteiger partial charge in [0.15, 0.2) is 0 Å². The fraction of sp³-hybridized carbons (Fsp3) is 0.375. The van der Waals surface area contributed by atoms with E-state index in [0.29, 0.717) is 5.57 Å². The molecule has 0 aromatic carbocycles. The van der Waals surface area contributed by atoms with Gasteiger partial charge >= 0.3 is 106 Å². The van der Waals surface area contributed by atoms with E-state index in [9.17, 15) is 10.2 Å². The zero-order valence-corrected chi connectivity index (χ0v) is 44.0. The monoisotopic (exact) mass is 2190 g/mol. The molecule has 0 saturated heterocycles. The molecule has 0 spiro atoms. The average Bonchev–Trinajstić information content (AvgIpc) is 2.15. The number of carbonyl (C=O) groups excluding carboxylic acids is 1. The quantitative estimate of drug-likeness (QED) is 0.236. The second-order valence-corrected chi connectivity index (χ2v) is 5.21. The summed E-state index contributed by atoms with van der Waals surface area (Å²) in [6.45, 7) is 5.14. The predicted molar refractivity (Wildman–Crippen MR) is 46.8 cm³/mol. The summed E-state index contributed by atoms with van der Waals surface area (Å²) < 4.78 is 4.35. The first kappa shape index (κ1) is 63.0. The zero-order chi connectivity index (χ0) is 11.3. The van der Waals surface area contributed by atoms with Gasteiger partial charge < -0.3 is 0 Å². The molecule has 0 bridgehead atoms. The zero-order valence-electron chi connectivity index (χ0n) is 11.7. The van der Waals surface area contributed by atoms with E-state index in [-0.39, 0.29) is 195 Å². The summed E-state index contributed by atoms with van der Waals surface area (Å²) in [7, 11) is 0. The van der Waals surface area contributed by atoms with Crippen LogP contribution in [0.5, 0.6) is 0 Å². The maximum absolute atomic E-state index is 11.4. The van der Waals surface area contributed by atoms with Crippen molar-refractivity contribution in [2.45, 2.75) is 20.8 Å². The molecule has 0 heterocycles. The van der Waals surface area contributed by atoms with Crippen molar-refractivity contribution in [1.82, 2.24) is 4.90 Å². The fourth-order valence-electron chi connectivity index (χ4n) is 0.695. The molecule has 0 atom stereocenters. The van der Waals surface area contributed by atoms with Crippen LogP contribution in [-0.4, -0.2) is 20.8 Å². The minimum Gasteiger partial charge on any atom is 0 e. The minimum atomic E-state index is -0.431. The van der Waals surface area contributed by atoms with Crippen molar-refractivity contribution in [2.75, 3.05) is 0 Å². The average molecular weight is 2190 g/mol. The van der Waals surface area contributed by atoms with Gasteiger partial charge in [0.2, 0.25) is 0 Å². The number of urea groups is 1. The summed E-state index contributed by atoms with van der Waals surface area (Å²) in [6, 6.07) is -0.431. The van der Waals surface area contributed by atoms with Crippen molar-refractivity contribution in [1.29, 1.82) is 0 Å². The number of hydrogen-bond acceptors (Lipinski definition) is 1. The van der Waals surface area contributed by atoms with E-state index in [1.54, 1.807) is 20.8 Å². The number of nitrogens with zero attached hydrogens (tertiary/aromatic N) is 3. The summed E-state index contributed by atoms with van der Waals surface area (Å²) >= 11 is 1.93. The number of carbonyl (C=O) groups is 1. The van der Waals surface area contributed by atoms with Gasteiger partial charge in [-0.05, 0) is 0 Å². The second-order valence-electron chi connectivity index (χ2n) is 2.43. The molecule has 0 N–H and O–H groups in total. The third kappa shape index (κ3) is 28.1. The Balaban J connectivity index is -0.0000000235. The number of allylic oxidation sites excluding steroid dienone is 1. The molecule has 130 valence electrons. The van der Waals surface area contributed by atoms with Crippen LogP contribution in [0, 0.1) is 6.08 Å². The maximum Gasteiger partial charge on any atom is 0 e. The molecule has 4 nitrogen and oxygen atoms in total. The summed E-state index contributed by atoms with van der Waals surface area (Å²) in [5.41, 5.74) is 0.539. The van der Waals surface area contributed by atoms with Crippen LogP contribution in [0.3, 0.4) is 0 Å². The first-order valence-electron chi connectivity index (χ1n) is 3.71. The Morgan fingerprint density at radius 2 is 1.26 bits per heavy atom. The minimum absolute atomic E-state index is 0. The van der Waals surface area contributed by atoms with Gasteiger partial charge in [0.25, 0.3) is 0 Å². The summed E-state index contributed by atoms with van der Waals surface area (Å²) in [5, 5.41) is 9.71. The Bertz CT molecular complexity index is 337. The molecule has 0 aromatic rings. The number of hydrogen-bond donors (Lipinski definition) is 0. The normalized spacial score (nSPS) is 6.48. The molecule has 0 saturated carbocycles. The van der Waals surface area contributed by atoms with E-state index < -0.39 is 6.03 Å². The van der Waals surface area contributed by atoms with E-state index >= 15 is 0 Å². The van der Waals surface area contributed by atoms with Gasteiger partial charge in [-0.25, -0.2) is 0 Å². The Labute approximate surface area is 289 Å². The van der Waals surface area contributed by atoms with Gasteiger partial charge in [-0.1, -0.05) is 0 Å². The van der Waals surface area contributed by atoms with Crippen LogP contribution in [0.4, 0.5) is 4.79 Å². The SMILES string of the molecule is C[C-]=C(C)C(=[N-])N(C(=O)[N]=[W])[C](C)=[W].[W].[W].[W].[W].[W].[W].[W].[W].[W]. The Morgan fingerprint density at radius 1 is 0.957 bits per heavy atom. The van der Waals surface area contributed by atoms with Crippen LogP contribution >= 0.6 is 0 Å². The Hall–Kier alpha value is 6.12. The molecule has 0 aromatic heterocycles. The van der Waals surface area contributed by atoms with Crippen molar-refractivity contribution in [3.63, 3.8) is 0 Å². The largest absolute Gasteiger partial charge is 0 e. The van der Waals surface area contributed by atoms with Crippen LogP contribution < -0.4 is 0 Å². The van der Waals surface area contributed by atoms with Crippen LogP contribution in [0.2, 0.25) is 0 Å². The molecule has 0 radical (unpaired) electrons. The van der Waals surface area contributed by atoms with Crippen LogP contribution in [0.25, 0.3) is 5.41 Å². The van der Waals surface area contributed by atoms with Gasteiger partial charge in [-0.3, -0.25) is 0 Å². The standard InChI is InChI=1S/C8H9N3O.11W/c1-4-6(3)7(9)11(5-2)8(10)12;;;;;;;;;;;/h1-3H3;;;;;;;;;;;/q-2;;;;;;;;;;;. The van der Waals surface area contributed by atoms with E-state index in [0.717, 1.165) is 43.0 Å². The van der Waals surface area contributed by atoms with Crippen LogP contribution in [-0.2, 0) is 229 Å². The van der Waals surface area contributed by atoms with Crippen molar-refractivity contribution >= 4 is 15.9 Å². The van der Waals surface area contributed by atoms with Gasteiger partial charge in [-0.2, -0.15) is 0 Å². The summed E-state index contributed by atoms with van der Waals surface area (Å²) in [4.78, 5) is 12.6. The number of amidine groups is 1. The maximum atomic E-state index is 11.4. The molecule has 23 heavy (non-hydrogen) atoms. The molecule has 0 aliphatic rings. The van der Waals surface area contributed by atoms with Crippen molar-refractivity contribution in [2.24, 2.45) is 3.50 Å². The van der Waals surface area contributed by atoms with E-state index in [4.69, 9.17) is 0 Å². The molecule has 15 heteroatoms. The molecule has 0 aliphatic heterocycles. The third-order valence-corrected chi connectivity index (χ3v) is 2.72. The molecule has 0 fully saturated rings. The van der Waals surface area contributed by atoms with Gasteiger partial charge in [0, 0.05) is 190 Å². The Kier molecular flexibility index (Phi) is 106.